The maximum absolute atomic E-state index is 4.22. The van der Waals surface area contributed by atoms with E-state index in [0.717, 1.165) is 17.3 Å². The molecular weight excluding hydrogens is 220 g/mol. The van der Waals surface area contributed by atoms with E-state index >= 15 is 0 Å². The predicted octanol–water partition coefficient (Wildman–Crippen LogP) is 4.00. The third-order valence-electron chi connectivity index (χ3n) is 2.37. The van der Waals surface area contributed by atoms with Gasteiger partial charge in [0.15, 0.2) is 0 Å². The van der Waals surface area contributed by atoms with Crippen LogP contribution in [0.2, 0.25) is 0 Å². The molecule has 0 saturated carbocycles. The fourth-order valence-corrected chi connectivity index (χ4v) is 2.80. The van der Waals surface area contributed by atoms with Gasteiger partial charge in [0.25, 0.3) is 0 Å². The van der Waals surface area contributed by atoms with E-state index in [1.54, 1.807) is 0 Å². The van der Waals surface area contributed by atoms with Crippen LogP contribution < -0.4 is 0 Å². The first-order chi connectivity index (χ1) is 7.42. The quantitative estimate of drug-likeness (QED) is 0.616. The first-order valence-corrected chi connectivity index (χ1v) is 6.86. The molecule has 0 fully saturated rings. The van der Waals surface area contributed by atoms with Crippen LogP contribution in [0.25, 0.3) is 10.8 Å². The lowest BCUT2D eigenvalue weighted by atomic mass is 10.1. The number of hydrogen-bond acceptors (Lipinski definition) is 2. The topological polar surface area (TPSA) is 0 Å². The molecule has 0 saturated heterocycles. The van der Waals surface area contributed by atoms with Crippen LogP contribution in [0.1, 0.15) is 5.56 Å². The van der Waals surface area contributed by atoms with Gasteiger partial charge in [-0.2, -0.15) is 24.4 Å². The molecule has 0 aliphatic heterocycles. The highest BCUT2D eigenvalue weighted by Crippen LogP contribution is 2.22. The molecule has 2 aromatic carbocycles. The van der Waals surface area contributed by atoms with Gasteiger partial charge in [-0.15, -0.1) is 0 Å². The summed E-state index contributed by atoms with van der Waals surface area (Å²) < 4.78 is 0. The molecular formula is C13H14S2. The van der Waals surface area contributed by atoms with Crippen molar-refractivity contribution in [3.63, 3.8) is 0 Å². The highest BCUT2D eigenvalue weighted by Gasteiger charge is 1.99. The molecule has 0 nitrogen and oxygen atoms in total. The van der Waals surface area contributed by atoms with Gasteiger partial charge in [-0.25, -0.2) is 0 Å². The predicted molar refractivity (Wildman–Crippen MR) is 74.0 cm³/mol. The lowest BCUT2D eigenvalue weighted by Gasteiger charge is -2.05. The van der Waals surface area contributed by atoms with Gasteiger partial charge >= 0.3 is 0 Å². The Hall–Kier alpha value is -0.600. The molecule has 0 aliphatic carbocycles. The Morgan fingerprint density at radius 1 is 1.00 bits per heavy atom. The van der Waals surface area contributed by atoms with Crippen molar-refractivity contribution in [2.75, 3.05) is 11.5 Å². The third-order valence-corrected chi connectivity index (χ3v) is 3.91. The summed E-state index contributed by atoms with van der Waals surface area (Å²) >= 11 is 6.16. The van der Waals surface area contributed by atoms with Crippen LogP contribution in [-0.2, 0) is 5.75 Å². The first kappa shape index (κ1) is 10.9. The van der Waals surface area contributed by atoms with Gasteiger partial charge < -0.3 is 0 Å². The van der Waals surface area contributed by atoms with Crippen LogP contribution in [0.15, 0.2) is 42.5 Å². The fraction of sp³-hybridized carbons (Fsp3) is 0.231. The van der Waals surface area contributed by atoms with Crippen molar-refractivity contribution >= 4 is 35.2 Å². The molecule has 2 rings (SSSR count). The van der Waals surface area contributed by atoms with Gasteiger partial charge in [-0.3, -0.25) is 0 Å². The van der Waals surface area contributed by atoms with E-state index in [1.807, 2.05) is 11.8 Å². The number of benzene rings is 2. The second kappa shape index (κ2) is 5.47. The highest BCUT2D eigenvalue weighted by atomic mass is 32.2. The van der Waals surface area contributed by atoms with Gasteiger partial charge in [0.1, 0.15) is 0 Å². The van der Waals surface area contributed by atoms with Gasteiger partial charge in [0, 0.05) is 11.5 Å². The second-order valence-electron chi connectivity index (χ2n) is 3.41. The lowest BCUT2D eigenvalue weighted by molar-refractivity contribution is 1.44. The summed E-state index contributed by atoms with van der Waals surface area (Å²) in [6, 6.07) is 15.1. The normalized spacial score (nSPS) is 10.7. The molecule has 0 unspecified atom stereocenters. The molecule has 0 aliphatic rings. The minimum Gasteiger partial charge on any atom is -0.179 e. The fourth-order valence-electron chi connectivity index (χ4n) is 1.67. The van der Waals surface area contributed by atoms with Crippen LogP contribution in [0.4, 0.5) is 0 Å². The minimum atomic E-state index is 0.954. The summed E-state index contributed by atoms with van der Waals surface area (Å²) in [6.07, 6.45) is 0. The molecule has 0 N–H and O–H groups in total. The van der Waals surface area contributed by atoms with Crippen molar-refractivity contribution in [2.24, 2.45) is 0 Å². The van der Waals surface area contributed by atoms with Crippen LogP contribution in [-0.4, -0.2) is 11.5 Å². The van der Waals surface area contributed by atoms with E-state index in [-0.39, 0.29) is 0 Å². The summed E-state index contributed by atoms with van der Waals surface area (Å²) in [5.74, 6) is 3.16. The largest absolute Gasteiger partial charge is 0.179 e. The third kappa shape index (κ3) is 2.70. The second-order valence-corrected chi connectivity index (χ2v) is 4.97. The van der Waals surface area contributed by atoms with Gasteiger partial charge in [0.2, 0.25) is 0 Å². The van der Waals surface area contributed by atoms with Gasteiger partial charge in [-0.1, -0.05) is 42.5 Å². The summed E-state index contributed by atoms with van der Waals surface area (Å²) in [5, 5.41) is 2.72. The van der Waals surface area contributed by atoms with Crippen molar-refractivity contribution in [1.29, 1.82) is 0 Å². The Morgan fingerprint density at radius 2 is 1.80 bits per heavy atom. The lowest BCUT2D eigenvalue weighted by Crippen LogP contribution is -1.86. The number of thiol groups is 1. The number of rotatable bonds is 4. The van der Waals surface area contributed by atoms with Crippen molar-refractivity contribution in [2.45, 2.75) is 5.75 Å². The molecule has 2 heteroatoms. The number of fused-ring (bicyclic) bond motifs is 1. The molecule has 15 heavy (non-hydrogen) atoms. The van der Waals surface area contributed by atoms with Crippen molar-refractivity contribution < 1.29 is 0 Å². The molecule has 0 aromatic heterocycles. The van der Waals surface area contributed by atoms with E-state index < -0.39 is 0 Å². The Morgan fingerprint density at radius 3 is 2.67 bits per heavy atom. The maximum atomic E-state index is 4.22. The zero-order valence-corrected chi connectivity index (χ0v) is 10.2. The summed E-state index contributed by atoms with van der Waals surface area (Å²) in [4.78, 5) is 0. The first-order valence-electron chi connectivity index (χ1n) is 5.07. The van der Waals surface area contributed by atoms with Crippen LogP contribution in [0.5, 0.6) is 0 Å². The molecule has 2 aromatic rings. The number of hydrogen-bond donors (Lipinski definition) is 1. The number of thioether (sulfide) groups is 1. The van der Waals surface area contributed by atoms with Crippen molar-refractivity contribution in [1.82, 2.24) is 0 Å². The molecule has 0 amide bonds. The van der Waals surface area contributed by atoms with E-state index in [4.69, 9.17) is 0 Å². The molecule has 0 bridgehead atoms. The van der Waals surface area contributed by atoms with Crippen LogP contribution in [0.3, 0.4) is 0 Å². The zero-order valence-electron chi connectivity index (χ0n) is 8.52. The smallest absolute Gasteiger partial charge is 0.0191 e. The minimum absolute atomic E-state index is 0.954. The standard InChI is InChI=1S/C13H14S2/c14-8-9-15-10-12-6-3-5-11-4-1-2-7-13(11)12/h1-7,14H,8-10H2. The Labute approximate surface area is 100 Å². The molecule has 78 valence electrons. The van der Waals surface area contributed by atoms with Crippen molar-refractivity contribution in [3.8, 4) is 0 Å². The van der Waals surface area contributed by atoms with Crippen molar-refractivity contribution in [3.05, 3.63) is 48.0 Å². The summed E-state index contributed by atoms with van der Waals surface area (Å²) in [7, 11) is 0. The molecule has 0 heterocycles. The van der Waals surface area contributed by atoms with E-state index in [2.05, 4.69) is 55.1 Å². The van der Waals surface area contributed by atoms with E-state index in [9.17, 15) is 0 Å². The zero-order chi connectivity index (χ0) is 10.5. The van der Waals surface area contributed by atoms with E-state index in [0.29, 0.717) is 0 Å². The molecule has 0 atom stereocenters. The highest BCUT2D eigenvalue weighted by molar-refractivity contribution is 7.99. The maximum Gasteiger partial charge on any atom is 0.0191 e. The molecule has 0 radical (unpaired) electrons. The van der Waals surface area contributed by atoms with Gasteiger partial charge in [-0.05, 0) is 22.1 Å². The summed E-state index contributed by atoms with van der Waals surface area (Å²) in [6.45, 7) is 0. The van der Waals surface area contributed by atoms with Crippen LogP contribution >= 0.6 is 24.4 Å². The average Bonchev–Trinajstić information content (AvgIpc) is 2.30. The Balaban J connectivity index is 2.26. The Kier molecular flexibility index (Phi) is 3.98. The Bertz CT molecular complexity index is 432. The summed E-state index contributed by atoms with van der Waals surface area (Å²) in [5.41, 5.74) is 1.43. The average molecular weight is 234 g/mol. The monoisotopic (exact) mass is 234 g/mol. The SMILES string of the molecule is SCCSCc1cccc2ccccc12. The molecule has 0 spiro atoms. The van der Waals surface area contributed by atoms with Gasteiger partial charge in [0.05, 0.1) is 0 Å². The van der Waals surface area contributed by atoms with Crippen LogP contribution in [0, 0.1) is 0 Å². The van der Waals surface area contributed by atoms with E-state index in [1.165, 1.54) is 16.3 Å².